The van der Waals surface area contributed by atoms with E-state index in [4.69, 9.17) is 9.47 Å². The SMILES string of the molecule is CCOC(=O)c1cc(C)sc1NC(=O)CSc1nnc(COc2ccc(C)cc2C)n1CC. The van der Waals surface area contributed by atoms with E-state index < -0.39 is 5.97 Å². The minimum atomic E-state index is -0.441. The number of thioether (sulfide) groups is 1. The molecule has 2 aromatic heterocycles. The second kappa shape index (κ2) is 11.3. The Hall–Kier alpha value is -2.85. The summed E-state index contributed by atoms with van der Waals surface area (Å²) in [5, 5.41) is 12.4. The van der Waals surface area contributed by atoms with Crippen LogP contribution in [0.1, 0.15) is 46.0 Å². The number of hydrogen-bond donors (Lipinski definition) is 1. The molecule has 176 valence electrons. The molecule has 0 unspecified atom stereocenters. The molecule has 0 saturated carbocycles. The number of carbonyl (C=O) groups is 2. The van der Waals surface area contributed by atoms with Gasteiger partial charge in [-0.05, 0) is 52.3 Å². The maximum absolute atomic E-state index is 12.6. The van der Waals surface area contributed by atoms with E-state index in [1.807, 2.05) is 44.4 Å². The summed E-state index contributed by atoms with van der Waals surface area (Å²) in [4.78, 5) is 25.6. The van der Waals surface area contributed by atoms with Crippen LogP contribution in [0, 0.1) is 20.8 Å². The van der Waals surface area contributed by atoms with Gasteiger partial charge in [-0.1, -0.05) is 29.5 Å². The second-order valence-corrected chi connectivity index (χ2v) is 9.56. The van der Waals surface area contributed by atoms with Gasteiger partial charge in [-0.2, -0.15) is 0 Å². The van der Waals surface area contributed by atoms with E-state index in [0.717, 1.165) is 16.2 Å². The molecular formula is C23H28N4O4S2. The molecule has 8 nitrogen and oxygen atoms in total. The lowest BCUT2D eigenvalue weighted by Crippen LogP contribution is -2.16. The van der Waals surface area contributed by atoms with Crippen LogP contribution < -0.4 is 10.1 Å². The van der Waals surface area contributed by atoms with Gasteiger partial charge in [0, 0.05) is 11.4 Å². The lowest BCUT2D eigenvalue weighted by atomic mass is 10.1. The molecule has 0 aliphatic carbocycles. The topological polar surface area (TPSA) is 95.3 Å². The van der Waals surface area contributed by atoms with Crippen molar-refractivity contribution in [3.8, 4) is 5.75 Å². The van der Waals surface area contributed by atoms with Crippen LogP contribution in [0.5, 0.6) is 5.75 Å². The molecule has 2 heterocycles. The van der Waals surface area contributed by atoms with Crippen molar-refractivity contribution >= 4 is 40.0 Å². The maximum atomic E-state index is 12.6. The highest BCUT2D eigenvalue weighted by molar-refractivity contribution is 7.99. The third-order valence-corrected chi connectivity index (χ3v) is 6.67. The number of carbonyl (C=O) groups excluding carboxylic acids is 2. The highest BCUT2D eigenvalue weighted by Crippen LogP contribution is 2.29. The fourth-order valence-electron chi connectivity index (χ4n) is 3.21. The predicted octanol–water partition coefficient (Wildman–Crippen LogP) is 4.77. The first-order valence-corrected chi connectivity index (χ1v) is 12.4. The first-order chi connectivity index (χ1) is 15.8. The van der Waals surface area contributed by atoms with E-state index in [9.17, 15) is 9.59 Å². The summed E-state index contributed by atoms with van der Waals surface area (Å²) >= 11 is 2.63. The number of anilines is 1. The number of amides is 1. The number of ether oxygens (including phenoxy) is 2. The Morgan fingerprint density at radius 2 is 1.94 bits per heavy atom. The monoisotopic (exact) mass is 488 g/mol. The molecule has 1 N–H and O–H groups in total. The highest BCUT2D eigenvalue weighted by atomic mass is 32.2. The Labute approximate surface area is 201 Å². The van der Waals surface area contributed by atoms with Gasteiger partial charge in [-0.15, -0.1) is 21.5 Å². The Kier molecular flexibility index (Phi) is 8.51. The Bertz CT molecular complexity index is 1140. The average Bonchev–Trinajstić information content (AvgIpc) is 3.34. The van der Waals surface area contributed by atoms with Gasteiger partial charge in [0.15, 0.2) is 11.0 Å². The summed E-state index contributed by atoms with van der Waals surface area (Å²) in [6, 6.07) is 7.76. The molecule has 1 amide bonds. The van der Waals surface area contributed by atoms with E-state index in [0.29, 0.717) is 28.1 Å². The number of aromatic nitrogens is 3. The number of rotatable bonds is 10. The first kappa shape index (κ1) is 24.8. The number of benzene rings is 1. The van der Waals surface area contributed by atoms with Crippen molar-refractivity contribution in [2.24, 2.45) is 0 Å². The molecule has 0 aliphatic rings. The van der Waals surface area contributed by atoms with Crippen molar-refractivity contribution in [3.63, 3.8) is 0 Å². The van der Waals surface area contributed by atoms with Crippen molar-refractivity contribution in [2.75, 3.05) is 17.7 Å². The molecule has 10 heteroatoms. The lowest BCUT2D eigenvalue weighted by molar-refractivity contribution is -0.113. The molecular weight excluding hydrogens is 460 g/mol. The van der Waals surface area contributed by atoms with Crippen molar-refractivity contribution < 1.29 is 19.1 Å². The van der Waals surface area contributed by atoms with Crippen molar-refractivity contribution in [2.45, 2.75) is 52.9 Å². The fraction of sp³-hybridized carbons (Fsp3) is 0.391. The van der Waals surface area contributed by atoms with Gasteiger partial charge in [0.25, 0.3) is 0 Å². The van der Waals surface area contributed by atoms with E-state index in [1.165, 1.54) is 28.7 Å². The predicted molar refractivity (Wildman–Crippen MR) is 130 cm³/mol. The smallest absolute Gasteiger partial charge is 0.341 e. The van der Waals surface area contributed by atoms with Gasteiger partial charge in [0.2, 0.25) is 5.91 Å². The lowest BCUT2D eigenvalue weighted by Gasteiger charge is -2.11. The van der Waals surface area contributed by atoms with Gasteiger partial charge >= 0.3 is 5.97 Å². The van der Waals surface area contributed by atoms with Gasteiger partial charge in [0.1, 0.15) is 17.4 Å². The molecule has 0 aliphatic heterocycles. The molecule has 0 saturated heterocycles. The Morgan fingerprint density at radius 1 is 1.15 bits per heavy atom. The third kappa shape index (κ3) is 6.35. The summed E-state index contributed by atoms with van der Waals surface area (Å²) < 4.78 is 12.9. The molecule has 1 aromatic carbocycles. The summed E-state index contributed by atoms with van der Waals surface area (Å²) in [5.41, 5.74) is 2.62. The second-order valence-electron chi connectivity index (χ2n) is 7.36. The Balaban J connectivity index is 1.61. The van der Waals surface area contributed by atoms with Gasteiger partial charge < -0.3 is 19.4 Å². The van der Waals surface area contributed by atoms with Crippen molar-refractivity contribution in [3.05, 3.63) is 51.7 Å². The van der Waals surface area contributed by atoms with E-state index in [1.54, 1.807) is 13.0 Å². The molecule has 0 atom stereocenters. The summed E-state index contributed by atoms with van der Waals surface area (Å²) in [7, 11) is 0. The standard InChI is InChI=1S/C23H28N4O4S2/c1-6-27-19(12-31-18-9-8-14(3)10-15(18)4)25-26-23(27)32-13-20(28)24-21-17(11-16(5)33-21)22(29)30-7-2/h8-11H,6-7,12-13H2,1-5H3,(H,24,28). The van der Waals surface area contributed by atoms with Crippen LogP contribution in [0.15, 0.2) is 29.4 Å². The maximum Gasteiger partial charge on any atom is 0.341 e. The number of esters is 1. The van der Waals surface area contributed by atoms with Crippen LogP contribution in [-0.4, -0.2) is 39.0 Å². The van der Waals surface area contributed by atoms with Gasteiger partial charge in [-0.3, -0.25) is 4.79 Å². The largest absolute Gasteiger partial charge is 0.485 e. The average molecular weight is 489 g/mol. The summed E-state index contributed by atoms with van der Waals surface area (Å²) in [6.45, 7) is 10.9. The normalized spacial score (nSPS) is 10.8. The molecule has 0 spiro atoms. The molecule has 3 rings (SSSR count). The Morgan fingerprint density at radius 3 is 2.64 bits per heavy atom. The van der Waals surface area contributed by atoms with E-state index in [2.05, 4.69) is 21.6 Å². The zero-order valence-corrected chi connectivity index (χ0v) is 21.1. The summed E-state index contributed by atoms with van der Waals surface area (Å²) in [6.07, 6.45) is 0. The van der Waals surface area contributed by atoms with Crippen LogP contribution in [0.25, 0.3) is 0 Å². The minimum Gasteiger partial charge on any atom is -0.485 e. The number of aryl methyl sites for hydroxylation is 3. The molecule has 33 heavy (non-hydrogen) atoms. The third-order valence-electron chi connectivity index (χ3n) is 4.73. The van der Waals surface area contributed by atoms with Crippen LogP contribution in [0.2, 0.25) is 0 Å². The van der Waals surface area contributed by atoms with Crippen LogP contribution in [-0.2, 0) is 22.7 Å². The minimum absolute atomic E-state index is 0.134. The van der Waals surface area contributed by atoms with Crippen LogP contribution in [0.3, 0.4) is 0 Å². The molecule has 0 radical (unpaired) electrons. The zero-order chi connectivity index (χ0) is 24.0. The number of nitrogens with one attached hydrogen (secondary N) is 1. The van der Waals surface area contributed by atoms with E-state index >= 15 is 0 Å². The van der Waals surface area contributed by atoms with Crippen LogP contribution in [0.4, 0.5) is 5.00 Å². The quantitative estimate of drug-likeness (QED) is 0.324. The number of hydrogen-bond acceptors (Lipinski definition) is 8. The van der Waals surface area contributed by atoms with Crippen LogP contribution >= 0.6 is 23.1 Å². The van der Waals surface area contributed by atoms with Crippen molar-refractivity contribution in [1.82, 2.24) is 14.8 Å². The number of thiophene rings is 1. The molecule has 3 aromatic rings. The van der Waals surface area contributed by atoms with Gasteiger partial charge in [-0.25, -0.2) is 4.79 Å². The van der Waals surface area contributed by atoms with E-state index in [-0.39, 0.29) is 24.9 Å². The number of nitrogens with zero attached hydrogens (tertiary/aromatic N) is 3. The van der Waals surface area contributed by atoms with Gasteiger partial charge in [0.05, 0.1) is 17.9 Å². The fourth-order valence-corrected chi connectivity index (χ4v) is 4.95. The zero-order valence-electron chi connectivity index (χ0n) is 19.4. The highest BCUT2D eigenvalue weighted by Gasteiger charge is 2.19. The molecule has 0 fully saturated rings. The van der Waals surface area contributed by atoms with Crippen molar-refractivity contribution in [1.29, 1.82) is 0 Å². The molecule has 0 bridgehead atoms. The first-order valence-electron chi connectivity index (χ1n) is 10.6. The summed E-state index contributed by atoms with van der Waals surface area (Å²) in [5.74, 6) is 0.965.